The van der Waals surface area contributed by atoms with Crippen LogP contribution in [0, 0.1) is 11.3 Å². The van der Waals surface area contributed by atoms with Crippen molar-refractivity contribution in [1.29, 1.82) is 5.41 Å². The van der Waals surface area contributed by atoms with Crippen molar-refractivity contribution in [2.75, 3.05) is 13.7 Å². The lowest BCUT2D eigenvalue weighted by Crippen LogP contribution is -2.59. The number of hydrogen-bond acceptors (Lipinski definition) is 6. The third kappa shape index (κ3) is 3.95. The second-order valence-corrected chi connectivity index (χ2v) is 6.92. The molecule has 7 heteroatoms. The molecule has 2 unspecified atom stereocenters. The largest absolute Gasteiger partial charge is 0.497 e. The highest BCUT2D eigenvalue weighted by molar-refractivity contribution is 6.26. The van der Waals surface area contributed by atoms with E-state index in [2.05, 4.69) is 9.98 Å². The number of carbonyl (C=O) groups excluding carboxylic acids is 1. The number of nitrogens with one attached hydrogen (secondary N) is 1. The zero-order valence-electron chi connectivity index (χ0n) is 16.1. The van der Waals surface area contributed by atoms with Gasteiger partial charge in [0, 0.05) is 0 Å². The lowest BCUT2D eigenvalue weighted by molar-refractivity contribution is -0.137. The number of amidine groups is 1. The molecule has 2 aliphatic heterocycles. The van der Waals surface area contributed by atoms with E-state index in [1.807, 2.05) is 54.6 Å². The number of amides is 1. The van der Waals surface area contributed by atoms with Gasteiger partial charge in [-0.25, -0.2) is 4.99 Å². The van der Waals surface area contributed by atoms with Gasteiger partial charge in [-0.2, -0.15) is 0 Å². The van der Waals surface area contributed by atoms with Crippen molar-refractivity contribution < 1.29 is 14.3 Å². The summed E-state index contributed by atoms with van der Waals surface area (Å²) >= 11 is 0. The lowest BCUT2D eigenvalue weighted by atomic mass is 9.90. The highest BCUT2D eigenvalue weighted by atomic mass is 16.5. The summed E-state index contributed by atoms with van der Waals surface area (Å²) in [6.07, 6.45) is 0.629. The Kier molecular flexibility index (Phi) is 5.48. The number of piperidine rings is 1. The molecule has 2 atom stereocenters. The SMILES string of the molecule is COc1ccc(CN2C(=N)C3CN=CN=C3C(OCc3ccccc3)C2=O)cc1. The van der Waals surface area contributed by atoms with Gasteiger partial charge in [-0.1, -0.05) is 42.5 Å². The van der Waals surface area contributed by atoms with E-state index < -0.39 is 6.10 Å². The van der Waals surface area contributed by atoms with Crippen LogP contribution in [0.1, 0.15) is 11.1 Å². The first kappa shape index (κ1) is 19.0. The summed E-state index contributed by atoms with van der Waals surface area (Å²) in [5, 5.41) is 8.59. The molecule has 148 valence electrons. The molecular formula is C22H22N4O3. The van der Waals surface area contributed by atoms with Gasteiger partial charge in [-0.3, -0.25) is 20.1 Å². The first-order valence-electron chi connectivity index (χ1n) is 9.41. The predicted molar refractivity (Wildman–Crippen MR) is 111 cm³/mol. The van der Waals surface area contributed by atoms with Crippen molar-refractivity contribution in [3.05, 3.63) is 65.7 Å². The van der Waals surface area contributed by atoms with Crippen LogP contribution in [0.2, 0.25) is 0 Å². The minimum atomic E-state index is -0.820. The molecule has 29 heavy (non-hydrogen) atoms. The predicted octanol–water partition coefficient (Wildman–Crippen LogP) is 2.70. The molecule has 7 nitrogen and oxygen atoms in total. The second kappa shape index (κ2) is 8.36. The molecule has 2 aromatic carbocycles. The Hall–Kier alpha value is -3.32. The minimum absolute atomic E-state index is 0.209. The van der Waals surface area contributed by atoms with Crippen molar-refractivity contribution >= 4 is 23.8 Å². The van der Waals surface area contributed by atoms with Gasteiger partial charge in [-0.15, -0.1) is 0 Å². The molecule has 0 aromatic heterocycles. The summed E-state index contributed by atoms with van der Waals surface area (Å²) in [5.41, 5.74) is 2.45. The van der Waals surface area contributed by atoms with Gasteiger partial charge in [0.05, 0.1) is 38.4 Å². The van der Waals surface area contributed by atoms with Crippen LogP contribution in [0.25, 0.3) is 0 Å². The molecule has 0 spiro atoms. The number of hydrogen-bond donors (Lipinski definition) is 1. The fourth-order valence-electron chi connectivity index (χ4n) is 3.48. The normalized spacial score (nSPS) is 21.0. The van der Waals surface area contributed by atoms with E-state index in [1.165, 1.54) is 11.2 Å². The number of nitrogens with zero attached hydrogens (tertiary/aromatic N) is 3. The second-order valence-electron chi connectivity index (χ2n) is 6.92. The van der Waals surface area contributed by atoms with Crippen molar-refractivity contribution in [1.82, 2.24) is 4.90 Å². The van der Waals surface area contributed by atoms with E-state index in [0.717, 1.165) is 16.9 Å². The van der Waals surface area contributed by atoms with Crippen molar-refractivity contribution in [2.24, 2.45) is 15.9 Å². The Morgan fingerprint density at radius 1 is 1.10 bits per heavy atom. The molecule has 0 radical (unpaired) electrons. The van der Waals surface area contributed by atoms with Gasteiger partial charge in [0.2, 0.25) is 0 Å². The van der Waals surface area contributed by atoms with E-state index in [0.29, 0.717) is 25.4 Å². The van der Waals surface area contributed by atoms with Gasteiger partial charge in [0.1, 0.15) is 17.9 Å². The van der Waals surface area contributed by atoms with E-state index in [1.54, 1.807) is 7.11 Å². The summed E-state index contributed by atoms with van der Waals surface area (Å²) < 4.78 is 11.2. The van der Waals surface area contributed by atoms with Crippen LogP contribution in [0.5, 0.6) is 5.75 Å². The van der Waals surface area contributed by atoms with E-state index in [4.69, 9.17) is 14.9 Å². The third-order valence-corrected chi connectivity index (χ3v) is 5.07. The van der Waals surface area contributed by atoms with Crippen LogP contribution in [0.3, 0.4) is 0 Å². The van der Waals surface area contributed by atoms with E-state index in [9.17, 15) is 4.79 Å². The smallest absolute Gasteiger partial charge is 0.263 e. The molecule has 4 rings (SSSR count). The fraction of sp³-hybridized carbons (Fsp3) is 0.273. The monoisotopic (exact) mass is 390 g/mol. The Morgan fingerprint density at radius 3 is 2.59 bits per heavy atom. The number of rotatable bonds is 6. The molecule has 2 aromatic rings. The number of fused-ring (bicyclic) bond motifs is 1. The van der Waals surface area contributed by atoms with Gasteiger partial charge in [0.25, 0.3) is 5.91 Å². The highest BCUT2D eigenvalue weighted by Crippen LogP contribution is 2.25. The molecule has 0 saturated carbocycles. The van der Waals surface area contributed by atoms with Gasteiger partial charge in [0.15, 0.2) is 6.10 Å². The van der Waals surface area contributed by atoms with Crippen molar-refractivity contribution in [3.63, 3.8) is 0 Å². The first-order chi connectivity index (χ1) is 14.2. The molecule has 1 saturated heterocycles. The number of carbonyl (C=O) groups is 1. The number of aliphatic imine (C=N–C) groups is 2. The molecule has 1 N–H and O–H groups in total. The van der Waals surface area contributed by atoms with Gasteiger partial charge in [-0.05, 0) is 23.3 Å². The Labute approximate surface area is 169 Å². The molecule has 0 aliphatic carbocycles. The number of methoxy groups -OCH3 is 1. The Bertz CT molecular complexity index is 954. The average molecular weight is 390 g/mol. The molecule has 2 aliphatic rings. The quantitative estimate of drug-likeness (QED) is 0.823. The molecule has 1 amide bonds. The van der Waals surface area contributed by atoms with Gasteiger partial charge < -0.3 is 9.47 Å². The topological polar surface area (TPSA) is 87.3 Å². The van der Waals surface area contributed by atoms with Crippen LogP contribution < -0.4 is 4.74 Å². The molecule has 0 bridgehead atoms. The van der Waals surface area contributed by atoms with Crippen molar-refractivity contribution in [3.8, 4) is 5.75 Å². The zero-order valence-corrected chi connectivity index (χ0v) is 16.1. The molecule has 1 fully saturated rings. The van der Waals surface area contributed by atoms with Crippen LogP contribution in [-0.4, -0.2) is 48.5 Å². The maximum absolute atomic E-state index is 13.2. The van der Waals surface area contributed by atoms with Crippen LogP contribution >= 0.6 is 0 Å². The third-order valence-electron chi connectivity index (χ3n) is 5.07. The number of ether oxygens (including phenoxy) is 2. The van der Waals surface area contributed by atoms with Crippen LogP contribution in [0.15, 0.2) is 64.6 Å². The Balaban J connectivity index is 1.57. The fourth-order valence-corrected chi connectivity index (χ4v) is 3.48. The van der Waals surface area contributed by atoms with Crippen LogP contribution in [0.4, 0.5) is 0 Å². The summed E-state index contributed by atoms with van der Waals surface area (Å²) in [4.78, 5) is 23.2. The molecule has 2 heterocycles. The van der Waals surface area contributed by atoms with E-state index in [-0.39, 0.29) is 17.7 Å². The average Bonchev–Trinajstić information content (AvgIpc) is 2.78. The first-order valence-corrected chi connectivity index (χ1v) is 9.41. The summed E-state index contributed by atoms with van der Waals surface area (Å²) in [7, 11) is 1.61. The lowest BCUT2D eigenvalue weighted by Gasteiger charge is -2.38. The van der Waals surface area contributed by atoms with Gasteiger partial charge >= 0.3 is 0 Å². The summed E-state index contributed by atoms with van der Waals surface area (Å²) in [5.74, 6) is 0.332. The number of benzene rings is 2. The van der Waals surface area contributed by atoms with E-state index >= 15 is 0 Å². The number of likely N-dealkylation sites (tertiary alicyclic amines) is 1. The highest BCUT2D eigenvalue weighted by Gasteiger charge is 2.45. The summed E-state index contributed by atoms with van der Waals surface area (Å²) in [6.45, 7) is 0.986. The minimum Gasteiger partial charge on any atom is -0.497 e. The van der Waals surface area contributed by atoms with Crippen molar-refractivity contribution in [2.45, 2.75) is 19.3 Å². The molecular weight excluding hydrogens is 368 g/mol. The zero-order chi connectivity index (χ0) is 20.2. The maximum atomic E-state index is 13.2. The summed E-state index contributed by atoms with van der Waals surface area (Å²) in [6, 6.07) is 17.2. The van der Waals surface area contributed by atoms with Crippen LogP contribution in [-0.2, 0) is 22.7 Å². The maximum Gasteiger partial charge on any atom is 0.263 e. The standard InChI is InChI=1S/C22H22N4O3/c1-28-17-9-7-15(8-10-17)12-26-21(23)18-11-24-14-25-19(18)20(22(26)27)29-13-16-5-3-2-4-6-16/h2-10,14,18,20,23H,11-13H2,1H3. The Morgan fingerprint density at radius 2 is 1.86 bits per heavy atom.